The number of carbonyl (C=O) groups excluding carboxylic acids is 8. The van der Waals surface area contributed by atoms with Crippen molar-refractivity contribution >= 4 is 94.2 Å². The topological polar surface area (TPSA) is 266 Å². The molecule has 87 heavy (non-hydrogen) atoms. The van der Waals surface area contributed by atoms with Gasteiger partial charge in [-0.05, 0) is 75.2 Å². The van der Waals surface area contributed by atoms with Gasteiger partial charge in [0.15, 0.2) is 0 Å². The molecule has 0 rings (SSSR count). The van der Waals surface area contributed by atoms with E-state index in [0.29, 0.717) is 12.8 Å². The fourth-order valence-corrected chi connectivity index (χ4v) is 10.1. The van der Waals surface area contributed by atoms with E-state index in [9.17, 15) is 38.4 Å². The molecule has 0 aromatic heterocycles. The number of carbonyl (C=O) groups is 8. The second kappa shape index (κ2) is 48.5. The van der Waals surface area contributed by atoms with Crippen LogP contribution >= 0.6 is 46.6 Å². The summed E-state index contributed by atoms with van der Waals surface area (Å²) >= 11 is 18.8. The van der Waals surface area contributed by atoms with Crippen molar-refractivity contribution in [2.75, 3.05) is 44.5 Å². The SMILES string of the molecule is CCCCCCCCCCCCCCCC(=O)OCC(COC(=O)CCCCCCCCCCCCCCC)CSC[C@H](NC(=O)OCC(Cl)(Cl)Cl)C(=O)N[C@@H](COC(C)(C)C)C(=O)N[C@@H](COC(C)(C)C)C(=O)N[C@@H](CC(N)=O)C(=O)OC(C)(C)C. The maximum absolute atomic E-state index is 14.4. The van der Waals surface area contributed by atoms with Crippen LogP contribution in [0.2, 0.25) is 0 Å². The van der Waals surface area contributed by atoms with Crippen molar-refractivity contribution in [3.63, 3.8) is 0 Å². The average Bonchev–Trinajstić information content (AvgIpc) is 2.77. The van der Waals surface area contributed by atoms with Crippen LogP contribution in [-0.4, -0.2) is 137 Å². The summed E-state index contributed by atoms with van der Waals surface area (Å²) < 4.78 is 31.9. The molecule has 0 aromatic rings. The van der Waals surface area contributed by atoms with E-state index in [1.165, 1.54) is 127 Å². The molecule has 0 aliphatic heterocycles. The van der Waals surface area contributed by atoms with Crippen molar-refractivity contribution < 1.29 is 66.8 Å². The highest BCUT2D eigenvalue weighted by atomic mass is 35.6. The molecule has 0 bridgehead atoms. The van der Waals surface area contributed by atoms with Gasteiger partial charge in [0.05, 0.1) is 44.1 Å². The van der Waals surface area contributed by atoms with Gasteiger partial charge in [-0.3, -0.25) is 28.8 Å². The summed E-state index contributed by atoms with van der Waals surface area (Å²) in [4.78, 5) is 107. The van der Waals surface area contributed by atoms with E-state index in [2.05, 4.69) is 35.1 Å². The van der Waals surface area contributed by atoms with E-state index < -0.39 is 113 Å². The number of ether oxygens (including phenoxy) is 6. The van der Waals surface area contributed by atoms with Gasteiger partial charge in [0, 0.05) is 30.3 Å². The third-order valence-corrected chi connectivity index (χ3v) is 15.2. The number of primary amides is 1. The minimum absolute atomic E-state index is 0.0764. The zero-order chi connectivity index (χ0) is 65.7. The second-order valence-electron chi connectivity index (χ2n) is 25.9. The summed E-state index contributed by atoms with van der Waals surface area (Å²) in [5.41, 5.74) is 2.77. The Hall–Kier alpha value is -3.30. The summed E-state index contributed by atoms with van der Waals surface area (Å²) in [5.74, 6) is -5.85. The van der Waals surface area contributed by atoms with Crippen LogP contribution in [0.5, 0.6) is 0 Å². The molecule has 0 saturated carbocycles. The van der Waals surface area contributed by atoms with E-state index in [0.717, 1.165) is 38.5 Å². The Morgan fingerprint density at radius 2 is 0.770 bits per heavy atom. The van der Waals surface area contributed by atoms with Crippen LogP contribution in [0.3, 0.4) is 0 Å². The van der Waals surface area contributed by atoms with Gasteiger partial charge in [0.2, 0.25) is 27.4 Å². The molecule has 19 nitrogen and oxygen atoms in total. The lowest BCUT2D eigenvalue weighted by atomic mass is 10.0. The molecule has 0 spiro atoms. The first kappa shape index (κ1) is 83.7. The van der Waals surface area contributed by atoms with Gasteiger partial charge in [-0.2, -0.15) is 11.8 Å². The standard InChI is InChI=1S/C64H116Cl3N5O14S/c1-12-14-16-18-20-22-24-26-28-30-32-34-36-38-54(74)81-41-48(42-82-55(75)39-37-35-33-31-29-27-25-23-21-19-17-15-13-2)45-87-46-52(72-60(80)83-47-64(65,66)67)58(78)71-51(44-85-62(6,7)8)57(77)70-50(43-84-61(3,4)5)56(76)69-49(40-53(68)73)59(79)86-63(9,10)11/h48-52H,12-47H2,1-11H3,(H2,68,73)(H,69,76)(H,70,77)(H,71,78)(H,72,80)/t49-,50-,51-,52-/m0/s1. The minimum Gasteiger partial charge on any atom is -0.465 e. The number of hydrogen-bond donors (Lipinski definition) is 5. The summed E-state index contributed by atoms with van der Waals surface area (Å²) in [7, 11) is 0. The molecule has 508 valence electrons. The molecular formula is C64H116Cl3N5O14S. The predicted molar refractivity (Wildman–Crippen MR) is 349 cm³/mol. The van der Waals surface area contributed by atoms with E-state index >= 15 is 0 Å². The van der Waals surface area contributed by atoms with Crippen LogP contribution in [0.1, 0.15) is 262 Å². The number of alkyl halides is 3. The summed E-state index contributed by atoms with van der Waals surface area (Å²) in [5, 5.41) is 10.1. The number of alkyl carbamates (subject to hydrolysis) is 1. The highest BCUT2D eigenvalue weighted by Gasteiger charge is 2.36. The number of amides is 5. The van der Waals surface area contributed by atoms with Gasteiger partial charge >= 0.3 is 24.0 Å². The smallest absolute Gasteiger partial charge is 0.407 e. The quantitative estimate of drug-likeness (QED) is 0.0164. The Kier molecular flexibility index (Phi) is 46.6. The van der Waals surface area contributed by atoms with Crippen LogP contribution in [0.25, 0.3) is 0 Å². The highest BCUT2D eigenvalue weighted by Crippen LogP contribution is 2.26. The molecule has 4 atom stereocenters. The number of hydrogen-bond acceptors (Lipinski definition) is 15. The Morgan fingerprint density at radius 3 is 1.10 bits per heavy atom. The Labute approximate surface area is 542 Å². The first-order chi connectivity index (χ1) is 40.8. The molecule has 0 aliphatic carbocycles. The summed E-state index contributed by atoms with van der Waals surface area (Å²) in [6, 6.07) is -6.02. The number of rotatable bonds is 51. The lowest BCUT2D eigenvalue weighted by molar-refractivity contribution is -0.160. The third-order valence-electron chi connectivity index (χ3n) is 13.6. The van der Waals surface area contributed by atoms with Crippen molar-refractivity contribution in [1.82, 2.24) is 21.3 Å². The Bertz CT molecular complexity index is 1880. The molecule has 5 amide bonds. The Balaban J connectivity index is 6.39. The van der Waals surface area contributed by atoms with Crippen LogP contribution in [0.4, 0.5) is 4.79 Å². The van der Waals surface area contributed by atoms with Gasteiger partial charge in [-0.1, -0.05) is 203 Å². The molecule has 23 heteroatoms. The monoisotopic (exact) mass is 1320 g/mol. The third kappa shape index (κ3) is 52.1. The van der Waals surface area contributed by atoms with Crippen molar-refractivity contribution in [2.24, 2.45) is 11.7 Å². The zero-order valence-corrected chi connectivity index (χ0v) is 58.3. The molecule has 0 aromatic carbocycles. The van der Waals surface area contributed by atoms with E-state index in [4.69, 9.17) is 69.0 Å². The highest BCUT2D eigenvalue weighted by molar-refractivity contribution is 7.99. The molecule has 6 N–H and O–H groups in total. The number of nitrogens with one attached hydrogen (secondary N) is 4. The number of unbranched alkanes of at least 4 members (excludes halogenated alkanes) is 24. The first-order valence-electron chi connectivity index (χ1n) is 32.4. The van der Waals surface area contributed by atoms with E-state index in [1.54, 1.807) is 62.3 Å². The van der Waals surface area contributed by atoms with Crippen LogP contribution in [0, 0.1) is 5.92 Å². The number of halogens is 3. The summed E-state index contributed by atoms with van der Waals surface area (Å²) in [6.45, 7) is 17.9. The lowest BCUT2D eigenvalue weighted by Gasteiger charge is -2.30. The maximum Gasteiger partial charge on any atom is 0.407 e. The predicted octanol–water partition coefficient (Wildman–Crippen LogP) is 13.2. The van der Waals surface area contributed by atoms with E-state index in [1.807, 2.05) is 0 Å². The minimum atomic E-state index is -1.99. The maximum atomic E-state index is 14.4. The largest absolute Gasteiger partial charge is 0.465 e. The zero-order valence-electron chi connectivity index (χ0n) is 55.2. The molecule has 0 heterocycles. The van der Waals surface area contributed by atoms with Gasteiger partial charge < -0.3 is 55.4 Å². The van der Waals surface area contributed by atoms with Crippen LogP contribution < -0.4 is 27.0 Å². The van der Waals surface area contributed by atoms with Crippen LogP contribution in [0.15, 0.2) is 0 Å². The second-order valence-corrected chi connectivity index (χ2v) is 29.5. The van der Waals surface area contributed by atoms with Crippen molar-refractivity contribution in [1.29, 1.82) is 0 Å². The first-order valence-corrected chi connectivity index (χ1v) is 34.7. The normalized spacial score (nSPS) is 13.5. The Morgan fingerprint density at radius 1 is 0.425 bits per heavy atom. The average molecular weight is 1320 g/mol. The molecule has 0 saturated heterocycles. The van der Waals surface area contributed by atoms with E-state index in [-0.39, 0.29) is 49.5 Å². The lowest BCUT2D eigenvalue weighted by Crippen LogP contribution is -2.61. The molecular weight excluding hydrogens is 1200 g/mol. The van der Waals surface area contributed by atoms with Gasteiger partial charge in [-0.15, -0.1) is 0 Å². The fraction of sp³-hybridized carbons (Fsp3) is 0.875. The van der Waals surface area contributed by atoms with Crippen molar-refractivity contribution in [3.05, 3.63) is 0 Å². The molecule has 0 aliphatic rings. The van der Waals surface area contributed by atoms with Crippen molar-refractivity contribution in [2.45, 2.75) is 307 Å². The van der Waals surface area contributed by atoms with Gasteiger partial charge in [-0.25, -0.2) is 9.59 Å². The number of nitrogens with two attached hydrogens (primary N) is 1. The molecule has 0 radical (unpaired) electrons. The van der Waals surface area contributed by atoms with Gasteiger partial charge in [0.1, 0.15) is 36.4 Å². The fourth-order valence-electron chi connectivity index (χ4n) is 8.77. The number of esters is 3. The van der Waals surface area contributed by atoms with Gasteiger partial charge in [0.25, 0.3) is 0 Å². The van der Waals surface area contributed by atoms with Crippen molar-refractivity contribution in [3.8, 4) is 0 Å². The molecule has 0 fully saturated rings. The molecule has 0 unspecified atom stereocenters. The number of thioether (sulfide) groups is 1. The summed E-state index contributed by atoms with van der Waals surface area (Å²) in [6.07, 6.45) is 29.2. The van der Waals surface area contributed by atoms with Crippen LogP contribution in [-0.2, 0) is 62.0 Å².